The highest BCUT2D eigenvalue weighted by atomic mass is 79.9. The van der Waals surface area contributed by atoms with Crippen molar-refractivity contribution < 1.29 is 4.42 Å². The second-order valence-electron chi connectivity index (χ2n) is 4.36. The molecule has 2 aromatic heterocycles. The molecule has 1 atom stereocenters. The van der Waals surface area contributed by atoms with Gasteiger partial charge in [0.05, 0.1) is 28.2 Å². The average molecular weight is 324 g/mol. The zero-order valence-electron chi connectivity index (χ0n) is 11.4. The molecular formula is C14H18BrN3O. The van der Waals surface area contributed by atoms with E-state index in [2.05, 4.69) is 51.4 Å². The van der Waals surface area contributed by atoms with Crippen molar-refractivity contribution in [2.75, 3.05) is 6.54 Å². The third-order valence-electron chi connectivity index (χ3n) is 2.99. The number of halogens is 1. The molecule has 0 aliphatic heterocycles. The molecule has 0 bridgehead atoms. The molecule has 1 unspecified atom stereocenters. The van der Waals surface area contributed by atoms with Gasteiger partial charge >= 0.3 is 0 Å². The van der Waals surface area contributed by atoms with Gasteiger partial charge in [-0.25, -0.2) is 0 Å². The van der Waals surface area contributed by atoms with Crippen LogP contribution in [0, 0.1) is 6.92 Å². The maximum Gasteiger partial charge on any atom is 0.139 e. The van der Waals surface area contributed by atoms with E-state index in [4.69, 9.17) is 4.42 Å². The first-order valence-electron chi connectivity index (χ1n) is 6.46. The Morgan fingerprint density at radius 3 is 2.74 bits per heavy atom. The normalized spacial score (nSPS) is 12.6. The lowest BCUT2D eigenvalue weighted by Gasteiger charge is -2.19. The summed E-state index contributed by atoms with van der Waals surface area (Å²) >= 11 is 3.53. The van der Waals surface area contributed by atoms with Gasteiger partial charge in [-0.15, -0.1) is 0 Å². The van der Waals surface area contributed by atoms with Crippen molar-refractivity contribution in [2.45, 2.75) is 33.2 Å². The van der Waals surface area contributed by atoms with Crippen LogP contribution in [0.4, 0.5) is 0 Å². The van der Waals surface area contributed by atoms with Crippen LogP contribution in [0.25, 0.3) is 0 Å². The summed E-state index contributed by atoms with van der Waals surface area (Å²) in [4.78, 5) is 0. The zero-order valence-corrected chi connectivity index (χ0v) is 13.0. The molecule has 0 saturated heterocycles. The van der Waals surface area contributed by atoms with Crippen LogP contribution in [0.5, 0.6) is 0 Å². The smallest absolute Gasteiger partial charge is 0.139 e. The van der Waals surface area contributed by atoms with Gasteiger partial charge in [0.15, 0.2) is 0 Å². The van der Waals surface area contributed by atoms with Gasteiger partial charge in [-0.2, -0.15) is 10.2 Å². The number of hydrogen-bond acceptors (Lipinski definition) is 4. The molecule has 0 aliphatic carbocycles. The first-order chi connectivity index (χ1) is 9.17. The summed E-state index contributed by atoms with van der Waals surface area (Å²) in [6.45, 7) is 6.97. The van der Waals surface area contributed by atoms with E-state index < -0.39 is 0 Å². The molecule has 0 saturated carbocycles. The molecule has 0 aromatic carbocycles. The number of nitrogens with one attached hydrogen (secondary N) is 1. The summed E-state index contributed by atoms with van der Waals surface area (Å²) in [5, 5.41) is 11.9. The van der Waals surface area contributed by atoms with Crippen LogP contribution in [-0.2, 0) is 6.42 Å². The highest BCUT2D eigenvalue weighted by molar-refractivity contribution is 9.10. The van der Waals surface area contributed by atoms with Crippen LogP contribution >= 0.6 is 15.9 Å². The van der Waals surface area contributed by atoms with Crippen LogP contribution in [-0.4, -0.2) is 16.7 Å². The van der Waals surface area contributed by atoms with Crippen molar-refractivity contribution in [1.82, 2.24) is 15.5 Å². The number of aryl methyl sites for hydroxylation is 2. The van der Waals surface area contributed by atoms with E-state index in [1.165, 1.54) is 0 Å². The fourth-order valence-corrected chi connectivity index (χ4v) is 2.55. The molecule has 5 heteroatoms. The second-order valence-corrected chi connectivity index (χ2v) is 5.22. The summed E-state index contributed by atoms with van der Waals surface area (Å²) in [7, 11) is 0. The van der Waals surface area contributed by atoms with Gasteiger partial charge in [0.2, 0.25) is 0 Å². The van der Waals surface area contributed by atoms with Crippen LogP contribution < -0.4 is 5.32 Å². The maximum absolute atomic E-state index is 5.62. The Balaban J connectivity index is 2.50. The highest BCUT2D eigenvalue weighted by Crippen LogP contribution is 2.31. The largest absolute Gasteiger partial charge is 0.466 e. The summed E-state index contributed by atoms with van der Waals surface area (Å²) in [5.74, 6) is 0.879. The lowest BCUT2D eigenvalue weighted by molar-refractivity contribution is 0.447. The Labute approximate surface area is 121 Å². The van der Waals surface area contributed by atoms with Crippen molar-refractivity contribution in [2.24, 2.45) is 0 Å². The Kier molecular flexibility index (Phi) is 4.71. The third-order valence-corrected chi connectivity index (χ3v) is 3.64. The van der Waals surface area contributed by atoms with E-state index in [0.717, 1.165) is 40.1 Å². The van der Waals surface area contributed by atoms with Gasteiger partial charge in [0.1, 0.15) is 5.76 Å². The summed E-state index contributed by atoms with van der Waals surface area (Å²) in [6, 6.07) is 3.99. The van der Waals surface area contributed by atoms with Crippen LogP contribution in [0.15, 0.2) is 27.3 Å². The SMILES string of the molecule is CCNC(c1cc(C)nnc1CC)c1occc1Br. The van der Waals surface area contributed by atoms with E-state index in [1.807, 2.05) is 13.0 Å². The van der Waals surface area contributed by atoms with Crippen molar-refractivity contribution in [3.8, 4) is 0 Å². The molecule has 102 valence electrons. The lowest BCUT2D eigenvalue weighted by atomic mass is 10.0. The van der Waals surface area contributed by atoms with Crippen LogP contribution in [0.2, 0.25) is 0 Å². The highest BCUT2D eigenvalue weighted by Gasteiger charge is 2.22. The molecule has 0 fully saturated rings. The van der Waals surface area contributed by atoms with Crippen LogP contribution in [0.1, 0.15) is 42.6 Å². The van der Waals surface area contributed by atoms with Crippen molar-refractivity contribution in [3.63, 3.8) is 0 Å². The molecule has 0 radical (unpaired) electrons. The van der Waals surface area contributed by atoms with Gasteiger partial charge in [0, 0.05) is 5.56 Å². The van der Waals surface area contributed by atoms with Crippen molar-refractivity contribution in [3.05, 3.63) is 45.6 Å². The first kappa shape index (κ1) is 14.2. The predicted octanol–water partition coefficient (Wildman–Crippen LogP) is 3.40. The fraction of sp³-hybridized carbons (Fsp3) is 0.429. The minimum absolute atomic E-state index is 0.00137. The van der Waals surface area contributed by atoms with E-state index in [1.54, 1.807) is 6.26 Å². The van der Waals surface area contributed by atoms with Crippen molar-refractivity contribution in [1.29, 1.82) is 0 Å². The molecule has 1 N–H and O–H groups in total. The zero-order chi connectivity index (χ0) is 13.8. The lowest BCUT2D eigenvalue weighted by Crippen LogP contribution is -2.24. The Morgan fingerprint density at radius 1 is 1.37 bits per heavy atom. The Morgan fingerprint density at radius 2 is 2.16 bits per heavy atom. The fourth-order valence-electron chi connectivity index (χ4n) is 2.12. The van der Waals surface area contributed by atoms with Gasteiger partial charge < -0.3 is 9.73 Å². The topological polar surface area (TPSA) is 51.0 Å². The molecule has 0 spiro atoms. The summed E-state index contributed by atoms with van der Waals surface area (Å²) in [6.07, 6.45) is 2.54. The monoisotopic (exact) mass is 323 g/mol. The van der Waals surface area contributed by atoms with Gasteiger partial charge in [-0.1, -0.05) is 13.8 Å². The third kappa shape index (κ3) is 3.04. The number of rotatable bonds is 5. The second kappa shape index (κ2) is 6.30. The maximum atomic E-state index is 5.62. The van der Waals surface area contributed by atoms with E-state index in [9.17, 15) is 0 Å². The first-order valence-corrected chi connectivity index (χ1v) is 7.26. The number of aromatic nitrogens is 2. The Bertz CT molecular complexity index is 553. The molecule has 0 amide bonds. The standard InChI is InChI=1S/C14H18BrN3O/c1-4-12-10(8-9(3)17-18-12)13(16-5-2)14-11(15)6-7-19-14/h6-8,13,16H,4-5H2,1-3H3. The minimum Gasteiger partial charge on any atom is -0.466 e. The molecule has 2 rings (SSSR count). The Hall–Kier alpha value is -1.20. The minimum atomic E-state index is -0.00137. The molecule has 19 heavy (non-hydrogen) atoms. The number of nitrogens with zero attached hydrogens (tertiary/aromatic N) is 2. The van der Waals surface area contributed by atoms with Gasteiger partial charge in [0.25, 0.3) is 0 Å². The van der Waals surface area contributed by atoms with Crippen LogP contribution in [0.3, 0.4) is 0 Å². The summed E-state index contributed by atoms with van der Waals surface area (Å²) in [5.41, 5.74) is 3.05. The van der Waals surface area contributed by atoms with E-state index >= 15 is 0 Å². The predicted molar refractivity (Wildman–Crippen MR) is 78.1 cm³/mol. The van der Waals surface area contributed by atoms with Crippen molar-refractivity contribution >= 4 is 15.9 Å². The molecular weight excluding hydrogens is 306 g/mol. The molecule has 2 heterocycles. The van der Waals surface area contributed by atoms with Gasteiger partial charge in [-0.05, 0) is 48.0 Å². The molecule has 2 aromatic rings. The van der Waals surface area contributed by atoms with E-state index in [0.29, 0.717) is 0 Å². The molecule has 0 aliphatic rings. The quantitative estimate of drug-likeness (QED) is 0.916. The number of furan rings is 1. The summed E-state index contributed by atoms with van der Waals surface area (Å²) < 4.78 is 6.58. The number of hydrogen-bond donors (Lipinski definition) is 1. The molecule has 4 nitrogen and oxygen atoms in total. The average Bonchev–Trinajstić information content (AvgIpc) is 2.82. The van der Waals surface area contributed by atoms with E-state index in [-0.39, 0.29) is 6.04 Å². The van der Waals surface area contributed by atoms with Gasteiger partial charge in [-0.3, -0.25) is 0 Å².